The van der Waals surface area contributed by atoms with Crippen molar-refractivity contribution in [3.05, 3.63) is 12.3 Å². The van der Waals surface area contributed by atoms with Gasteiger partial charge >= 0.3 is 0 Å². The maximum Gasteiger partial charge on any atom is 0.155 e. The van der Waals surface area contributed by atoms with Gasteiger partial charge in [-0.3, -0.25) is 4.79 Å². The highest BCUT2D eigenvalue weighted by Crippen LogP contribution is 1.66. The topological polar surface area (TPSA) is 37.3 Å². The van der Waals surface area contributed by atoms with Gasteiger partial charge in [-0.1, -0.05) is 0 Å². The van der Waals surface area contributed by atoms with Crippen molar-refractivity contribution >= 4 is 5.78 Å². The lowest BCUT2D eigenvalue weighted by Gasteiger charge is -1.68. The van der Waals surface area contributed by atoms with E-state index in [4.69, 9.17) is 5.11 Å². The molecule has 0 aliphatic heterocycles. The van der Waals surface area contributed by atoms with Crippen LogP contribution in [0.4, 0.5) is 0 Å². The van der Waals surface area contributed by atoms with Crippen LogP contribution in [0, 0.1) is 0 Å². The monoisotopic (exact) mass is 86.0 g/mol. The molecule has 0 atom stereocenters. The average molecular weight is 86.1 g/mol. The summed E-state index contributed by atoms with van der Waals surface area (Å²) in [7, 11) is 0. The summed E-state index contributed by atoms with van der Waals surface area (Å²) in [5.41, 5.74) is 0. The molecule has 34 valence electrons. The first-order valence-corrected chi connectivity index (χ1v) is 1.58. The smallest absolute Gasteiger partial charge is 0.155 e. The predicted molar refractivity (Wildman–Crippen MR) is 22.4 cm³/mol. The van der Waals surface area contributed by atoms with Gasteiger partial charge in [-0.2, -0.15) is 0 Å². The number of allylic oxidation sites excluding steroid dienone is 1. The number of ketones is 1. The fourth-order valence-electron chi connectivity index (χ4n) is 0.105. The van der Waals surface area contributed by atoms with E-state index in [1.807, 2.05) is 0 Å². The minimum Gasteiger partial charge on any atom is -0.515 e. The van der Waals surface area contributed by atoms with Crippen LogP contribution in [0.1, 0.15) is 6.92 Å². The minimum absolute atomic E-state index is 0.141. The minimum atomic E-state index is -0.141. The highest BCUT2D eigenvalue weighted by Gasteiger charge is 1.74. The number of carbonyl (C=O) groups is 1. The maximum atomic E-state index is 9.80. The van der Waals surface area contributed by atoms with Gasteiger partial charge < -0.3 is 5.11 Å². The molecule has 0 aliphatic rings. The summed E-state index contributed by atoms with van der Waals surface area (Å²) >= 11 is 0. The first-order valence-electron chi connectivity index (χ1n) is 1.58. The first-order chi connectivity index (χ1) is 2.77. The third kappa shape index (κ3) is 3.21. The lowest BCUT2D eigenvalue weighted by Crippen LogP contribution is -1.77. The Morgan fingerprint density at radius 2 is 2.33 bits per heavy atom. The van der Waals surface area contributed by atoms with Crippen molar-refractivity contribution in [1.29, 1.82) is 0 Å². The van der Waals surface area contributed by atoms with E-state index < -0.39 is 0 Å². The molecular formula is C4H6O2. The molecule has 6 heavy (non-hydrogen) atoms. The Morgan fingerprint density at radius 3 is 2.33 bits per heavy atom. The van der Waals surface area contributed by atoms with Crippen LogP contribution in [0.3, 0.4) is 0 Å². The number of aliphatic hydroxyl groups excluding tert-OH is 1. The first kappa shape index (κ1) is 5.21. The summed E-state index contributed by atoms with van der Waals surface area (Å²) in [6, 6.07) is 0. The maximum absolute atomic E-state index is 9.80. The predicted octanol–water partition coefficient (Wildman–Crippen LogP) is 0.647. The molecule has 0 unspecified atom stereocenters. The third-order valence-corrected chi connectivity index (χ3v) is 0.309. The quantitative estimate of drug-likeness (QED) is 0.375. The van der Waals surface area contributed by atoms with Crippen molar-refractivity contribution in [3.63, 3.8) is 0 Å². The number of aliphatic hydroxyl groups is 1. The zero-order valence-electron chi connectivity index (χ0n) is 3.51. The van der Waals surface area contributed by atoms with Gasteiger partial charge in [-0.15, -0.1) is 0 Å². The van der Waals surface area contributed by atoms with Gasteiger partial charge in [0.25, 0.3) is 0 Å². The molecule has 0 heterocycles. The Morgan fingerprint density at radius 1 is 1.83 bits per heavy atom. The average Bonchev–Trinajstić information content (AvgIpc) is 1.35. The van der Waals surface area contributed by atoms with E-state index in [2.05, 4.69) is 0 Å². The van der Waals surface area contributed by atoms with Crippen LogP contribution in [0.2, 0.25) is 0 Å². The van der Waals surface area contributed by atoms with Crippen molar-refractivity contribution in [2.75, 3.05) is 0 Å². The summed E-state index contributed by atoms with van der Waals surface area (Å²) in [5, 5.41) is 7.84. The molecule has 0 aliphatic carbocycles. The fourth-order valence-corrected chi connectivity index (χ4v) is 0.105. The zero-order chi connectivity index (χ0) is 4.99. The highest BCUT2D eigenvalue weighted by atomic mass is 16.2. The van der Waals surface area contributed by atoms with Gasteiger partial charge in [0.2, 0.25) is 0 Å². The molecule has 0 spiro atoms. The second kappa shape index (κ2) is 2.45. The van der Waals surface area contributed by atoms with Crippen LogP contribution in [0.5, 0.6) is 0 Å². The summed E-state index contributed by atoms with van der Waals surface area (Å²) in [6.07, 6.45) is 1.81. The fraction of sp³-hybridized carbons (Fsp3) is 0.250. The number of rotatable bonds is 1. The molecule has 0 saturated heterocycles. The second-order valence-corrected chi connectivity index (χ2v) is 0.926. The van der Waals surface area contributed by atoms with E-state index in [9.17, 15) is 4.79 Å². The van der Waals surface area contributed by atoms with Crippen molar-refractivity contribution in [2.24, 2.45) is 0 Å². The van der Waals surface area contributed by atoms with Gasteiger partial charge in [-0.05, 0) is 6.92 Å². The van der Waals surface area contributed by atoms with Crippen molar-refractivity contribution in [2.45, 2.75) is 6.92 Å². The third-order valence-electron chi connectivity index (χ3n) is 0.309. The second-order valence-electron chi connectivity index (χ2n) is 0.926. The number of hydrogen-bond acceptors (Lipinski definition) is 2. The van der Waals surface area contributed by atoms with Crippen LogP contribution in [-0.2, 0) is 4.79 Å². The molecule has 2 heteroatoms. The number of hydrogen-bond donors (Lipinski definition) is 1. The highest BCUT2D eigenvalue weighted by molar-refractivity contribution is 5.86. The van der Waals surface area contributed by atoms with Gasteiger partial charge in [0.15, 0.2) is 5.78 Å². The van der Waals surface area contributed by atoms with Crippen LogP contribution in [-0.4, -0.2) is 10.9 Å². The van der Waals surface area contributed by atoms with Crippen molar-refractivity contribution < 1.29 is 9.90 Å². The Balaban J connectivity index is 3.30. The molecule has 0 aromatic heterocycles. The van der Waals surface area contributed by atoms with E-state index >= 15 is 0 Å². The van der Waals surface area contributed by atoms with E-state index in [1.165, 1.54) is 6.92 Å². The lowest BCUT2D eigenvalue weighted by molar-refractivity contribution is -0.112. The molecule has 0 aromatic carbocycles. The standard InChI is InChI=1S/C4H6O2/c1-4(6)2-3-5/h2-3,5H,1H3. The molecular weight excluding hydrogens is 80.0 g/mol. The molecule has 0 radical (unpaired) electrons. The molecule has 0 fully saturated rings. The summed E-state index contributed by atoms with van der Waals surface area (Å²) in [5.74, 6) is -0.141. The lowest BCUT2D eigenvalue weighted by atomic mass is 10.4. The van der Waals surface area contributed by atoms with Crippen LogP contribution in [0.25, 0.3) is 0 Å². The molecule has 0 saturated carbocycles. The van der Waals surface area contributed by atoms with E-state index in [1.54, 1.807) is 0 Å². The van der Waals surface area contributed by atoms with Crippen LogP contribution in [0.15, 0.2) is 12.3 Å². The van der Waals surface area contributed by atoms with Crippen molar-refractivity contribution in [1.82, 2.24) is 0 Å². The Hall–Kier alpha value is -0.790. The van der Waals surface area contributed by atoms with Gasteiger partial charge in [0, 0.05) is 6.08 Å². The van der Waals surface area contributed by atoms with Crippen molar-refractivity contribution in [3.8, 4) is 0 Å². The largest absolute Gasteiger partial charge is 0.515 e. The Kier molecular flexibility index (Phi) is 2.13. The van der Waals surface area contributed by atoms with Gasteiger partial charge in [-0.25, -0.2) is 0 Å². The molecule has 0 rings (SSSR count). The summed E-state index contributed by atoms with van der Waals surface area (Å²) in [4.78, 5) is 9.80. The normalized spacial score (nSPS) is 9.50. The summed E-state index contributed by atoms with van der Waals surface area (Å²) in [6.45, 7) is 1.37. The van der Waals surface area contributed by atoms with E-state index in [-0.39, 0.29) is 5.78 Å². The van der Waals surface area contributed by atoms with E-state index in [0.717, 1.165) is 12.3 Å². The molecule has 2 nitrogen and oxygen atoms in total. The van der Waals surface area contributed by atoms with Gasteiger partial charge in [0.1, 0.15) is 0 Å². The molecule has 0 bridgehead atoms. The van der Waals surface area contributed by atoms with Gasteiger partial charge in [0.05, 0.1) is 6.26 Å². The molecule has 0 aromatic rings. The summed E-state index contributed by atoms with van der Waals surface area (Å²) < 4.78 is 0. The van der Waals surface area contributed by atoms with E-state index in [0.29, 0.717) is 0 Å². The Labute approximate surface area is 36.1 Å². The number of carbonyl (C=O) groups excluding carboxylic acids is 1. The Bertz CT molecular complexity index is 73.6. The van der Waals surface area contributed by atoms with Crippen LogP contribution >= 0.6 is 0 Å². The molecule has 0 amide bonds. The molecule has 1 N–H and O–H groups in total. The SMILES string of the molecule is CC(=O)C=CO. The zero-order valence-corrected chi connectivity index (χ0v) is 3.51. The van der Waals surface area contributed by atoms with Crippen LogP contribution < -0.4 is 0 Å².